The van der Waals surface area contributed by atoms with Gasteiger partial charge in [0, 0.05) is 26.6 Å². The van der Waals surface area contributed by atoms with Crippen molar-refractivity contribution in [2.75, 3.05) is 19.6 Å². The minimum absolute atomic E-state index is 0.0569. The molecule has 1 fully saturated rings. The predicted molar refractivity (Wildman–Crippen MR) is 58.1 cm³/mol. The summed E-state index contributed by atoms with van der Waals surface area (Å²) in [7, 11) is 0. The molecule has 0 aromatic rings. The second kappa shape index (κ2) is 5.35. The molecular formula is C11H22N2O. The van der Waals surface area contributed by atoms with Crippen molar-refractivity contribution in [1.82, 2.24) is 10.6 Å². The molecule has 0 unspecified atom stereocenters. The van der Waals surface area contributed by atoms with Crippen LogP contribution in [0, 0.1) is 5.41 Å². The molecule has 1 rings (SSSR count). The van der Waals surface area contributed by atoms with Gasteiger partial charge in [-0.25, -0.2) is 0 Å². The van der Waals surface area contributed by atoms with Gasteiger partial charge in [-0.2, -0.15) is 0 Å². The number of rotatable bonds is 7. The van der Waals surface area contributed by atoms with Crippen LogP contribution >= 0.6 is 0 Å². The van der Waals surface area contributed by atoms with E-state index in [0.29, 0.717) is 5.41 Å². The molecule has 0 aromatic carbocycles. The molecule has 1 amide bonds. The fourth-order valence-corrected chi connectivity index (χ4v) is 1.90. The lowest BCUT2D eigenvalue weighted by atomic mass is 10.0. The van der Waals surface area contributed by atoms with Crippen LogP contribution < -0.4 is 10.6 Å². The van der Waals surface area contributed by atoms with E-state index in [9.17, 15) is 4.79 Å². The largest absolute Gasteiger partial charge is 0.355 e. The first kappa shape index (κ1) is 11.5. The lowest BCUT2D eigenvalue weighted by Crippen LogP contribution is -2.33. The molecule has 1 aliphatic carbocycles. The molecule has 0 radical (unpaired) electrons. The first-order valence-corrected chi connectivity index (χ1v) is 5.64. The van der Waals surface area contributed by atoms with Gasteiger partial charge in [0.05, 0.1) is 0 Å². The zero-order valence-electron chi connectivity index (χ0n) is 9.36. The van der Waals surface area contributed by atoms with E-state index in [1.807, 2.05) is 0 Å². The molecule has 0 aromatic heterocycles. The Morgan fingerprint density at radius 1 is 1.36 bits per heavy atom. The molecule has 0 bridgehead atoms. The Morgan fingerprint density at radius 3 is 2.57 bits per heavy atom. The number of hydrogen-bond donors (Lipinski definition) is 2. The van der Waals surface area contributed by atoms with E-state index in [1.54, 1.807) is 6.92 Å². The van der Waals surface area contributed by atoms with Crippen molar-refractivity contribution < 1.29 is 4.79 Å². The smallest absolute Gasteiger partial charge is 0.216 e. The normalized spacial score (nSPS) is 17.9. The molecule has 0 atom stereocenters. The minimum Gasteiger partial charge on any atom is -0.355 e. The highest BCUT2D eigenvalue weighted by molar-refractivity contribution is 5.72. The number of carbonyl (C=O) groups is 1. The topological polar surface area (TPSA) is 41.1 Å². The van der Waals surface area contributed by atoms with Crippen molar-refractivity contribution >= 4 is 5.91 Å². The summed E-state index contributed by atoms with van der Waals surface area (Å²) in [6.45, 7) is 6.57. The fourth-order valence-electron chi connectivity index (χ4n) is 1.90. The van der Waals surface area contributed by atoms with E-state index < -0.39 is 0 Å². The Hall–Kier alpha value is -0.570. The average molecular weight is 198 g/mol. The summed E-state index contributed by atoms with van der Waals surface area (Å²) in [5.41, 5.74) is 0.616. The molecule has 0 saturated heterocycles. The first-order chi connectivity index (χ1) is 6.68. The highest BCUT2D eigenvalue weighted by Gasteiger charge is 2.40. The molecule has 0 heterocycles. The molecule has 0 aliphatic heterocycles. The highest BCUT2D eigenvalue weighted by Crippen LogP contribution is 2.48. The summed E-state index contributed by atoms with van der Waals surface area (Å²) in [6.07, 6.45) is 5.40. The Morgan fingerprint density at radius 2 is 2.07 bits per heavy atom. The minimum atomic E-state index is 0.0569. The van der Waals surface area contributed by atoms with Gasteiger partial charge in [0.15, 0.2) is 0 Å². The lowest BCUT2D eigenvalue weighted by molar-refractivity contribution is -0.118. The van der Waals surface area contributed by atoms with Gasteiger partial charge in [0.1, 0.15) is 0 Å². The van der Waals surface area contributed by atoms with Crippen LogP contribution in [0.5, 0.6) is 0 Å². The van der Waals surface area contributed by atoms with Crippen LogP contribution in [0.15, 0.2) is 0 Å². The van der Waals surface area contributed by atoms with E-state index >= 15 is 0 Å². The quantitative estimate of drug-likeness (QED) is 0.605. The van der Waals surface area contributed by atoms with Gasteiger partial charge >= 0.3 is 0 Å². The lowest BCUT2D eigenvalue weighted by Gasteiger charge is -2.14. The van der Waals surface area contributed by atoms with Gasteiger partial charge in [0.25, 0.3) is 0 Å². The third kappa shape index (κ3) is 4.09. The fraction of sp³-hybridized carbons (Fsp3) is 0.909. The molecule has 3 nitrogen and oxygen atoms in total. The summed E-state index contributed by atoms with van der Waals surface area (Å²) < 4.78 is 0. The summed E-state index contributed by atoms with van der Waals surface area (Å²) in [6, 6.07) is 0. The van der Waals surface area contributed by atoms with Gasteiger partial charge in [-0.05, 0) is 24.7 Å². The van der Waals surface area contributed by atoms with Crippen molar-refractivity contribution in [1.29, 1.82) is 0 Å². The van der Waals surface area contributed by atoms with Crippen LogP contribution in [0.2, 0.25) is 0 Å². The van der Waals surface area contributed by atoms with Crippen molar-refractivity contribution in [3.63, 3.8) is 0 Å². The first-order valence-electron chi connectivity index (χ1n) is 5.64. The van der Waals surface area contributed by atoms with E-state index in [4.69, 9.17) is 0 Å². The third-order valence-corrected chi connectivity index (χ3v) is 2.91. The highest BCUT2D eigenvalue weighted by atomic mass is 16.1. The number of nitrogens with one attached hydrogen (secondary N) is 2. The van der Waals surface area contributed by atoms with Crippen LogP contribution in [0.3, 0.4) is 0 Å². The van der Waals surface area contributed by atoms with Crippen LogP contribution in [0.4, 0.5) is 0 Å². The van der Waals surface area contributed by atoms with Crippen LogP contribution in [0.25, 0.3) is 0 Å². The maximum absolute atomic E-state index is 10.6. The average Bonchev–Trinajstić information content (AvgIpc) is 2.85. The van der Waals surface area contributed by atoms with Gasteiger partial charge in [0.2, 0.25) is 5.91 Å². The summed E-state index contributed by atoms with van der Waals surface area (Å²) in [4.78, 5) is 10.6. The molecule has 14 heavy (non-hydrogen) atoms. The SMILES string of the molecule is CCCC1(CNCCNC(C)=O)CC1. The van der Waals surface area contributed by atoms with Gasteiger partial charge in [-0.15, -0.1) is 0 Å². The standard InChI is InChI=1S/C11H22N2O/c1-3-4-11(5-6-11)9-12-7-8-13-10(2)14/h12H,3-9H2,1-2H3,(H,13,14). The maximum atomic E-state index is 10.6. The van der Waals surface area contributed by atoms with Gasteiger partial charge in [-0.3, -0.25) is 4.79 Å². The summed E-state index contributed by atoms with van der Waals surface area (Å²) in [5, 5.41) is 6.20. The summed E-state index contributed by atoms with van der Waals surface area (Å²) >= 11 is 0. The third-order valence-electron chi connectivity index (χ3n) is 2.91. The van der Waals surface area contributed by atoms with E-state index in [2.05, 4.69) is 17.6 Å². The second-order valence-electron chi connectivity index (χ2n) is 4.41. The predicted octanol–water partition coefficient (Wildman–Crippen LogP) is 1.29. The van der Waals surface area contributed by atoms with Crippen molar-refractivity contribution in [3.8, 4) is 0 Å². The molecule has 82 valence electrons. The van der Waals surface area contributed by atoms with Crippen LogP contribution in [0.1, 0.15) is 39.5 Å². The van der Waals surface area contributed by atoms with E-state index in [-0.39, 0.29) is 5.91 Å². The molecule has 3 heteroatoms. The van der Waals surface area contributed by atoms with E-state index in [0.717, 1.165) is 19.6 Å². The maximum Gasteiger partial charge on any atom is 0.216 e. The Labute approximate surface area is 86.6 Å². The summed E-state index contributed by atoms with van der Waals surface area (Å²) in [5.74, 6) is 0.0569. The molecule has 2 N–H and O–H groups in total. The monoisotopic (exact) mass is 198 g/mol. The molecular weight excluding hydrogens is 176 g/mol. The number of hydrogen-bond acceptors (Lipinski definition) is 2. The van der Waals surface area contributed by atoms with Gasteiger partial charge < -0.3 is 10.6 Å². The van der Waals surface area contributed by atoms with Crippen molar-refractivity contribution in [2.45, 2.75) is 39.5 Å². The second-order valence-corrected chi connectivity index (χ2v) is 4.41. The Balaban J connectivity index is 1.96. The van der Waals surface area contributed by atoms with Crippen LogP contribution in [-0.2, 0) is 4.79 Å². The molecule has 0 spiro atoms. The van der Waals surface area contributed by atoms with Gasteiger partial charge in [-0.1, -0.05) is 13.3 Å². The zero-order chi connectivity index (χ0) is 10.4. The molecule has 1 aliphatic rings. The van der Waals surface area contributed by atoms with Crippen molar-refractivity contribution in [2.24, 2.45) is 5.41 Å². The number of carbonyl (C=O) groups excluding carboxylic acids is 1. The van der Waals surface area contributed by atoms with Crippen molar-refractivity contribution in [3.05, 3.63) is 0 Å². The zero-order valence-corrected chi connectivity index (χ0v) is 9.36. The number of amides is 1. The van der Waals surface area contributed by atoms with Crippen LogP contribution in [-0.4, -0.2) is 25.5 Å². The molecule has 1 saturated carbocycles. The Kier molecular flexibility index (Phi) is 4.39. The Bertz CT molecular complexity index is 188. The van der Waals surface area contributed by atoms with E-state index in [1.165, 1.54) is 25.7 Å².